The van der Waals surface area contributed by atoms with Gasteiger partial charge in [-0.15, -0.1) is 0 Å². The largest absolute Gasteiger partial charge is 0.441 e. The lowest BCUT2D eigenvalue weighted by molar-refractivity contribution is 0.120. The lowest BCUT2D eigenvalue weighted by Crippen LogP contribution is -2.17. The number of hydrogen-bond acceptors (Lipinski definition) is 4. The smallest absolute Gasteiger partial charge is 0.412 e. The fourth-order valence-corrected chi connectivity index (χ4v) is 3.08. The molecule has 6 heteroatoms. The summed E-state index contributed by atoms with van der Waals surface area (Å²) in [4.78, 5) is 12.3. The number of rotatable bonds is 4. The zero-order chi connectivity index (χ0) is 17.8. The van der Waals surface area contributed by atoms with E-state index in [1.807, 2.05) is 61.5 Å². The molecule has 0 saturated heterocycles. The van der Waals surface area contributed by atoms with Crippen molar-refractivity contribution in [2.45, 2.75) is 20.0 Å². The van der Waals surface area contributed by atoms with Gasteiger partial charge < -0.3 is 9.26 Å². The molecule has 0 radical (unpaired) electrons. The standard InChI is InChI=1S/C19H17BrN2O3/c1-12(15-10-6-7-11-16(15)20)24-19(23)21-17-13(2)25-22-18(17)14-8-4-3-5-9-14/h3-12H,1-2H3,(H,21,23). The molecule has 3 rings (SSSR count). The number of hydrogen-bond donors (Lipinski definition) is 1. The first-order valence-electron chi connectivity index (χ1n) is 7.80. The van der Waals surface area contributed by atoms with Crippen molar-refractivity contribution in [2.75, 3.05) is 5.32 Å². The molecule has 128 valence electrons. The average Bonchev–Trinajstić information content (AvgIpc) is 2.96. The first-order chi connectivity index (χ1) is 12.1. The summed E-state index contributed by atoms with van der Waals surface area (Å²) in [5, 5.41) is 6.78. The summed E-state index contributed by atoms with van der Waals surface area (Å²) < 4.78 is 11.6. The highest BCUT2D eigenvalue weighted by Gasteiger charge is 2.20. The Morgan fingerprint density at radius 2 is 1.84 bits per heavy atom. The van der Waals surface area contributed by atoms with Crippen LogP contribution >= 0.6 is 15.9 Å². The van der Waals surface area contributed by atoms with Crippen LogP contribution in [0.4, 0.5) is 10.5 Å². The fraction of sp³-hybridized carbons (Fsp3) is 0.158. The van der Waals surface area contributed by atoms with E-state index < -0.39 is 12.2 Å². The van der Waals surface area contributed by atoms with Crippen molar-refractivity contribution in [1.82, 2.24) is 5.16 Å². The van der Waals surface area contributed by atoms with E-state index in [4.69, 9.17) is 9.26 Å². The number of carbonyl (C=O) groups excluding carboxylic acids is 1. The number of amides is 1. The zero-order valence-electron chi connectivity index (χ0n) is 13.8. The van der Waals surface area contributed by atoms with E-state index in [1.165, 1.54) is 0 Å². The Bertz CT molecular complexity index is 877. The highest BCUT2D eigenvalue weighted by molar-refractivity contribution is 9.10. The van der Waals surface area contributed by atoms with E-state index in [2.05, 4.69) is 26.4 Å². The van der Waals surface area contributed by atoms with Crippen molar-refractivity contribution in [3.63, 3.8) is 0 Å². The number of nitrogens with zero attached hydrogens (tertiary/aromatic N) is 1. The summed E-state index contributed by atoms with van der Waals surface area (Å²) in [6, 6.07) is 17.1. The van der Waals surface area contributed by atoms with E-state index >= 15 is 0 Å². The monoisotopic (exact) mass is 400 g/mol. The van der Waals surface area contributed by atoms with Gasteiger partial charge in [-0.05, 0) is 19.9 Å². The maximum atomic E-state index is 12.3. The third kappa shape index (κ3) is 3.91. The topological polar surface area (TPSA) is 64.4 Å². The van der Waals surface area contributed by atoms with Crippen LogP contribution in [-0.4, -0.2) is 11.2 Å². The SMILES string of the molecule is Cc1onc(-c2ccccc2)c1NC(=O)OC(C)c1ccccc1Br. The van der Waals surface area contributed by atoms with Gasteiger partial charge in [0, 0.05) is 15.6 Å². The molecule has 1 unspecified atom stereocenters. The molecule has 0 spiro atoms. The third-order valence-electron chi connectivity index (χ3n) is 3.76. The lowest BCUT2D eigenvalue weighted by atomic mass is 10.1. The van der Waals surface area contributed by atoms with Crippen molar-refractivity contribution in [1.29, 1.82) is 0 Å². The maximum absolute atomic E-state index is 12.3. The summed E-state index contributed by atoms with van der Waals surface area (Å²) in [7, 11) is 0. The second-order valence-corrected chi connectivity index (χ2v) is 6.38. The molecule has 0 aliphatic heterocycles. The summed E-state index contributed by atoms with van der Waals surface area (Å²) in [6.07, 6.45) is -0.970. The quantitative estimate of drug-likeness (QED) is 0.607. The van der Waals surface area contributed by atoms with E-state index in [0.29, 0.717) is 17.1 Å². The molecule has 1 atom stereocenters. The number of carbonyl (C=O) groups is 1. The van der Waals surface area contributed by atoms with Crippen molar-refractivity contribution >= 4 is 27.7 Å². The summed E-state index contributed by atoms with van der Waals surface area (Å²) in [6.45, 7) is 3.56. The van der Waals surface area contributed by atoms with Crippen molar-refractivity contribution in [2.24, 2.45) is 0 Å². The third-order valence-corrected chi connectivity index (χ3v) is 4.49. The number of ether oxygens (including phenoxy) is 1. The lowest BCUT2D eigenvalue weighted by Gasteiger charge is -2.15. The van der Waals surface area contributed by atoms with E-state index in [9.17, 15) is 4.79 Å². The van der Waals surface area contributed by atoms with Gasteiger partial charge >= 0.3 is 6.09 Å². The summed E-state index contributed by atoms with van der Waals surface area (Å²) in [5.41, 5.74) is 2.83. The summed E-state index contributed by atoms with van der Waals surface area (Å²) in [5.74, 6) is 0.518. The fourth-order valence-electron chi connectivity index (χ4n) is 2.47. The molecule has 0 bridgehead atoms. The first kappa shape index (κ1) is 17.2. The Morgan fingerprint density at radius 3 is 2.56 bits per heavy atom. The Labute approximate surface area is 154 Å². The Morgan fingerprint density at radius 1 is 1.16 bits per heavy atom. The molecular weight excluding hydrogens is 384 g/mol. The average molecular weight is 401 g/mol. The molecule has 3 aromatic rings. The molecule has 0 aliphatic carbocycles. The van der Waals surface area contributed by atoms with Gasteiger partial charge in [-0.1, -0.05) is 69.6 Å². The van der Waals surface area contributed by atoms with Crippen LogP contribution in [0, 0.1) is 6.92 Å². The van der Waals surface area contributed by atoms with Crippen LogP contribution in [0.3, 0.4) is 0 Å². The second kappa shape index (κ2) is 7.53. The minimum atomic E-state index is -0.563. The van der Waals surface area contributed by atoms with Crippen molar-refractivity contribution < 1.29 is 14.1 Å². The molecule has 2 aromatic carbocycles. The van der Waals surface area contributed by atoms with E-state index in [-0.39, 0.29) is 0 Å². The van der Waals surface area contributed by atoms with Crippen LogP contribution in [0.25, 0.3) is 11.3 Å². The van der Waals surface area contributed by atoms with Gasteiger partial charge in [-0.25, -0.2) is 4.79 Å². The van der Waals surface area contributed by atoms with Gasteiger partial charge in [0.25, 0.3) is 0 Å². The van der Waals surface area contributed by atoms with Crippen LogP contribution in [0.2, 0.25) is 0 Å². The molecule has 1 N–H and O–H groups in total. The first-order valence-corrected chi connectivity index (χ1v) is 8.59. The number of nitrogens with one attached hydrogen (secondary N) is 1. The van der Waals surface area contributed by atoms with Gasteiger partial charge in [0.15, 0.2) is 5.76 Å². The van der Waals surface area contributed by atoms with Gasteiger partial charge in [0.2, 0.25) is 0 Å². The molecule has 0 aliphatic rings. The number of benzene rings is 2. The molecule has 0 saturated carbocycles. The van der Waals surface area contributed by atoms with Crippen molar-refractivity contribution in [3.8, 4) is 11.3 Å². The predicted molar refractivity (Wildman–Crippen MR) is 99.3 cm³/mol. The van der Waals surface area contributed by atoms with Gasteiger partial charge in [0.05, 0.1) is 0 Å². The minimum absolute atomic E-state index is 0.407. The summed E-state index contributed by atoms with van der Waals surface area (Å²) >= 11 is 3.46. The minimum Gasteiger partial charge on any atom is -0.441 e. The molecule has 1 amide bonds. The Balaban J connectivity index is 1.76. The molecule has 25 heavy (non-hydrogen) atoms. The van der Waals surface area contributed by atoms with Gasteiger partial charge in [0.1, 0.15) is 17.5 Å². The van der Waals surface area contributed by atoms with Gasteiger partial charge in [-0.2, -0.15) is 0 Å². The van der Waals surface area contributed by atoms with Gasteiger partial charge in [-0.3, -0.25) is 5.32 Å². The molecule has 1 aromatic heterocycles. The predicted octanol–water partition coefficient (Wildman–Crippen LogP) is 5.72. The molecule has 0 fully saturated rings. The number of aryl methyl sites for hydroxylation is 1. The highest BCUT2D eigenvalue weighted by Crippen LogP contribution is 2.31. The normalized spacial score (nSPS) is 11.8. The van der Waals surface area contributed by atoms with Crippen LogP contribution in [-0.2, 0) is 4.74 Å². The van der Waals surface area contributed by atoms with Crippen LogP contribution < -0.4 is 5.32 Å². The van der Waals surface area contributed by atoms with E-state index in [0.717, 1.165) is 15.6 Å². The maximum Gasteiger partial charge on any atom is 0.412 e. The van der Waals surface area contributed by atoms with Crippen molar-refractivity contribution in [3.05, 3.63) is 70.4 Å². The van der Waals surface area contributed by atoms with Crippen LogP contribution in [0.5, 0.6) is 0 Å². The zero-order valence-corrected chi connectivity index (χ0v) is 15.4. The molecule has 1 heterocycles. The van der Waals surface area contributed by atoms with E-state index in [1.54, 1.807) is 6.92 Å². The number of halogens is 1. The Hall–Kier alpha value is -2.60. The molecule has 5 nitrogen and oxygen atoms in total. The van der Waals surface area contributed by atoms with Crippen LogP contribution in [0.15, 0.2) is 63.6 Å². The number of aromatic nitrogens is 1. The highest BCUT2D eigenvalue weighted by atomic mass is 79.9. The molecular formula is C19H17BrN2O3. The Kier molecular flexibility index (Phi) is 5.19. The van der Waals surface area contributed by atoms with Crippen LogP contribution in [0.1, 0.15) is 24.4 Å². The second-order valence-electron chi connectivity index (χ2n) is 5.52. The number of anilines is 1.